The summed E-state index contributed by atoms with van der Waals surface area (Å²) in [5, 5.41) is 5.16. The lowest BCUT2D eigenvalue weighted by Gasteiger charge is -2.13. The van der Waals surface area contributed by atoms with Crippen LogP contribution in [0.3, 0.4) is 0 Å². The van der Waals surface area contributed by atoms with Gasteiger partial charge in [-0.25, -0.2) is 0 Å². The van der Waals surface area contributed by atoms with Gasteiger partial charge in [-0.2, -0.15) is 0 Å². The monoisotopic (exact) mass is 351 g/mol. The summed E-state index contributed by atoms with van der Waals surface area (Å²) in [6, 6.07) is 10.1. The summed E-state index contributed by atoms with van der Waals surface area (Å²) >= 11 is 0. The van der Waals surface area contributed by atoms with E-state index in [1.165, 1.54) is 5.56 Å². The van der Waals surface area contributed by atoms with Crippen LogP contribution < -0.4 is 10.6 Å². The lowest BCUT2D eigenvalue weighted by atomic mass is 10.0. The number of nitrogens with one attached hydrogen (secondary N) is 2. The van der Waals surface area contributed by atoms with E-state index in [9.17, 15) is 9.59 Å². The molecule has 0 unspecified atom stereocenters. The van der Waals surface area contributed by atoms with Crippen LogP contribution in [0.5, 0.6) is 0 Å². The Balaban J connectivity index is 2.22. The average Bonchev–Trinajstić information content (AvgIpc) is 2.92. The van der Waals surface area contributed by atoms with E-state index in [2.05, 4.69) is 47.1 Å². The van der Waals surface area contributed by atoms with E-state index in [0.717, 1.165) is 17.1 Å². The van der Waals surface area contributed by atoms with E-state index < -0.39 is 0 Å². The summed E-state index contributed by atoms with van der Waals surface area (Å²) in [7, 11) is 0. The highest BCUT2D eigenvalue weighted by molar-refractivity contribution is 5.97. The maximum atomic E-state index is 12.5. The Morgan fingerprint density at radius 2 is 1.92 bits per heavy atom. The number of rotatable bonds is 6. The maximum Gasteiger partial charge on any atom is 0.253 e. The molecule has 0 aliphatic carbocycles. The normalized spacial score (nSPS) is 10.5. The molecule has 0 radical (unpaired) electrons. The third-order valence-electron chi connectivity index (χ3n) is 4.27. The number of nitrogens with zero attached hydrogens (tertiary/aromatic N) is 1. The van der Waals surface area contributed by atoms with Gasteiger partial charge in [0.2, 0.25) is 5.91 Å². The summed E-state index contributed by atoms with van der Waals surface area (Å²) in [5.74, 6) is 2.16. The van der Waals surface area contributed by atoms with Crippen LogP contribution in [0.25, 0.3) is 5.69 Å². The van der Waals surface area contributed by atoms with E-state index in [4.69, 9.17) is 6.42 Å². The number of aryl methyl sites for hydroxylation is 1. The summed E-state index contributed by atoms with van der Waals surface area (Å²) < 4.78 is 2.05. The molecule has 2 rings (SSSR count). The summed E-state index contributed by atoms with van der Waals surface area (Å²) in [6.07, 6.45) is 5.09. The molecule has 0 atom stereocenters. The van der Waals surface area contributed by atoms with Crippen molar-refractivity contribution in [2.75, 3.05) is 13.1 Å². The Hall–Kier alpha value is -3.00. The number of benzene rings is 1. The van der Waals surface area contributed by atoms with Gasteiger partial charge < -0.3 is 15.2 Å². The van der Waals surface area contributed by atoms with Crippen LogP contribution in [0.1, 0.15) is 47.1 Å². The fourth-order valence-electron chi connectivity index (χ4n) is 2.88. The first kappa shape index (κ1) is 19.3. The van der Waals surface area contributed by atoms with E-state index in [1.807, 2.05) is 32.0 Å². The Bertz CT molecular complexity index is 857. The maximum absolute atomic E-state index is 12.5. The van der Waals surface area contributed by atoms with Gasteiger partial charge in [0.15, 0.2) is 0 Å². The standard InChI is InChI=1S/C21H25N3O2/c1-6-10-22-20(25)13-23-21(26)19-11-15(4)24(16(19)5)18-9-7-8-17(12-18)14(2)3/h1,7-9,11-12,14H,10,13H2,2-5H3,(H,22,25)(H,23,26). The van der Waals surface area contributed by atoms with Gasteiger partial charge in [-0.3, -0.25) is 9.59 Å². The number of carbonyl (C=O) groups excluding carboxylic acids is 2. The predicted octanol–water partition coefficient (Wildman–Crippen LogP) is 2.70. The zero-order valence-electron chi connectivity index (χ0n) is 15.7. The molecule has 2 aromatic rings. The molecule has 0 bridgehead atoms. The molecule has 0 aliphatic rings. The number of hydrogen-bond donors (Lipinski definition) is 2. The minimum atomic E-state index is -0.310. The predicted molar refractivity (Wildman–Crippen MR) is 104 cm³/mol. The van der Waals surface area contributed by atoms with Gasteiger partial charge in [-0.1, -0.05) is 31.9 Å². The van der Waals surface area contributed by atoms with Crippen molar-refractivity contribution in [3.05, 3.63) is 52.8 Å². The molecule has 2 amide bonds. The van der Waals surface area contributed by atoms with Crippen LogP contribution >= 0.6 is 0 Å². The van der Waals surface area contributed by atoms with Gasteiger partial charge in [0, 0.05) is 17.1 Å². The highest BCUT2D eigenvalue weighted by atomic mass is 16.2. The van der Waals surface area contributed by atoms with Crippen molar-refractivity contribution in [2.24, 2.45) is 0 Å². The third-order valence-corrected chi connectivity index (χ3v) is 4.27. The van der Waals surface area contributed by atoms with Crippen molar-refractivity contribution < 1.29 is 9.59 Å². The topological polar surface area (TPSA) is 63.1 Å². The lowest BCUT2D eigenvalue weighted by molar-refractivity contribution is -0.119. The second-order valence-electron chi connectivity index (χ2n) is 6.53. The van der Waals surface area contributed by atoms with Crippen LogP contribution in [0.2, 0.25) is 0 Å². The molecule has 0 aliphatic heterocycles. The third kappa shape index (κ3) is 4.34. The minimum Gasteiger partial charge on any atom is -0.344 e. The molecule has 0 saturated carbocycles. The molecule has 1 aromatic carbocycles. The molecule has 1 aromatic heterocycles. The first-order valence-corrected chi connectivity index (χ1v) is 8.62. The van der Waals surface area contributed by atoms with Gasteiger partial charge in [0.05, 0.1) is 18.7 Å². The molecule has 5 heteroatoms. The second kappa shape index (κ2) is 8.39. The quantitative estimate of drug-likeness (QED) is 0.786. The largest absolute Gasteiger partial charge is 0.344 e. The Morgan fingerprint density at radius 3 is 2.58 bits per heavy atom. The van der Waals surface area contributed by atoms with Crippen molar-refractivity contribution in [2.45, 2.75) is 33.6 Å². The number of terminal acetylenes is 1. The Kier molecular flexibility index (Phi) is 6.24. The molecular weight excluding hydrogens is 326 g/mol. The van der Waals surface area contributed by atoms with Crippen LogP contribution in [-0.2, 0) is 4.79 Å². The second-order valence-corrected chi connectivity index (χ2v) is 6.53. The van der Waals surface area contributed by atoms with E-state index in [0.29, 0.717) is 11.5 Å². The number of aromatic nitrogens is 1. The molecule has 0 fully saturated rings. The van der Waals surface area contributed by atoms with Gasteiger partial charge in [-0.05, 0) is 43.5 Å². The van der Waals surface area contributed by atoms with Crippen molar-refractivity contribution >= 4 is 11.8 Å². The fraction of sp³-hybridized carbons (Fsp3) is 0.333. The van der Waals surface area contributed by atoms with Crippen LogP contribution in [0.4, 0.5) is 0 Å². The molecule has 0 saturated heterocycles. The van der Waals surface area contributed by atoms with Gasteiger partial charge in [0.1, 0.15) is 0 Å². The first-order chi connectivity index (χ1) is 12.3. The average molecular weight is 351 g/mol. The molecule has 136 valence electrons. The summed E-state index contributed by atoms with van der Waals surface area (Å²) in [6.45, 7) is 8.22. The number of amides is 2. The first-order valence-electron chi connectivity index (χ1n) is 8.62. The van der Waals surface area contributed by atoms with Gasteiger partial charge in [-0.15, -0.1) is 6.42 Å². The SMILES string of the molecule is C#CCNC(=O)CNC(=O)c1cc(C)n(-c2cccc(C(C)C)c2)c1C. The molecule has 2 N–H and O–H groups in total. The van der Waals surface area contributed by atoms with Gasteiger partial charge in [0.25, 0.3) is 5.91 Å². The lowest BCUT2D eigenvalue weighted by Crippen LogP contribution is -2.37. The molecular formula is C21H25N3O2. The molecule has 5 nitrogen and oxygen atoms in total. The Morgan fingerprint density at radius 1 is 1.19 bits per heavy atom. The molecule has 0 spiro atoms. The molecule has 26 heavy (non-hydrogen) atoms. The number of carbonyl (C=O) groups is 2. The van der Waals surface area contributed by atoms with E-state index >= 15 is 0 Å². The number of hydrogen-bond acceptors (Lipinski definition) is 2. The van der Waals surface area contributed by atoms with Crippen molar-refractivity contribution in [3.8, 4) is 18.0 Å². The van der Waals surface area contributed by atoms with E-state index in [-0.39, 0.29) is 24.9 Å². The molecule has 1 heterocycles. The van der Waals surface area contributed by atoms with Crippen LogP contribution in [0, 0.1) is 26.2 Å². The van der Waals surface area contributed by atoms with Crippen molar-refractivity contribution in [1.82, 2.24) is 15.2 Å². The van der Waals surface area contributed by atoms with Crippen molar-refractivity contribution in [1.29, 1.82) is 0 Å². The fourth-order valence-corrected chi connectivity index (χ4v) is 2.88. The highest BCUT2D eigenvalue weighted by Gasteiger charge is 2.17. The van der Waals surface area contributed by atoms with Gasteiger partial charge >= 0.3 is 0 Å². The Labute approximate surface area is 154 Å². The smallest absolute Gasteiger partial charge is 0.253 e. The van der Waals surface area contributed by atoms with Crippen LogP contribution in [0.15, 0.2) is 30.3 Å². The van der Waals surface area contributed by atoms with Crippen molar-refractivity contribution in [3.63, 3.8) is 0 Å². The highest BCUT2D eigenvalue weighted by Crippen LogP contribution is 2.24. The zero-order valence-corrected chi connectivity index (χ0v) is 15.7. The summed E-state index contributed by atoms with van der Waals surface area (Å²) in [4.78, 5) is 24.1. The van der Waals surface area contributed by atoms with E-state index in [1.54, 1.807) is 0 Å². The van der Waals surface area contributed by atoms with Crippen LogP contribution in [-0.4, -0.2) is 29.5 Å². The zero-order chi connectivity index (χ0) is 19.3. The minimum absolute atomic E-state index is 0.104. The summed E-state index contributed by atoms with van der Waals surface area (Å²) in [5.41, 5.74) is 4.63.